The van der Waals surface area contributed by atoms with Gasteiger partial charge in [-0.05, 0) is 6.07 Å². The van der Waals surface area contributed by atoms with E-state index in [1.54, 1.807) is 0 Å². The number of hydrogen-bond acceptors (Lipinski definition) is 7. The standard InChI is InChI=1S/C22H23F2N4O8P/c1-2-26-21(32)17-19(30)18(29)15(20(31)25-10-13-3-4-14(23)9-16(13)24)11-27(17)28(6-8-37(33,34)35)22(26)5-7-36-12-22/h2-4,9,11,30H,1,5-8,10,12H2,(H,25,31)(H2,33,34,35)/t22-/m0/s1. The third-order valence-electron chi connectivity index (χ3n) is 6.24. The molecule has 0 radical (unpaired) electrons. The summed E-state index contributed by atoms with van der Waals surface area (Å²) in [6.45, 7) is 2.93. The van der Waals surface area contributed by atoms with Crippen LogP contribution in [0.2, 0.25) is 0 Å². The van der Waals surface area contributed by atoms with Crippen LogP contribution in [0, 0.1) is 11.6 Å². The number of rotatable bonds is 7. The Morgan fingerprint density at radius 2 is 2.03 bits per heavy atom. The number of ether oxygens (including phenoxy) is 1. The second-order valence-electron chi connectivity index (χ2n) is 8.49. The van der Waals surface area contributed by atoms with Crippen LogP contribution >= 0.6 is 7.60 Å². The van der Waals surface area contributed by atoms with Gasteiger partial charge < -0.3 is 24.9 Å². The molecular weight excluding hydrogens is 517 g/mol. The maximum atomic E-state index is 14.0. The second-order valence-corrected chi connectivity index (χ2v) is 10.3. The number of hydrogen-bond donors (Lipinski definition) is 4. The van der Waals surface area contributed by atoms with Crippen molar-refractivity contribution in [1.29, 1.82) is 0 Å². The molecule has 2 amide bonds. The molecule has 2 aliphatic heterocycles. The van der Waals surface area contributed by atoms with E-state index in [9.17, 15) is 42.6 Å². The minimum atomic E-state index is -4.54. The van der Waals surface area contributed by atoms with Crippen molar-refractivity contribution >= 4 is 19.4 Å². The highest BCUT2D eigenvalue weighted by atomic mass is 31.2. The van der Waals surface area contributed by atoms with Gasteiger partial charge in [0.1, 0.15) is 17.2 Å². The predicted molar refractivity (Wildman–Crippen MR) is 124 cm³/mol. The number of fused-ring (bicyclic) bond motifs is 1. The molecule has 1 spiro atoms. The average molecular weight is 540 g/mol. The molecule has 3 heterocycles. The SMILES string of the molecule is C=CN1C(=O)c2c(O)c(=O)c(C(=O)NCc3ccc(F)cc3F)cn2N(CCP(=O)(O)O)[C@]12CCOC2. The summed E-state index contributed by atoms with van der Waals surface area (Å²) in [5.41, 5.74) is -3.76. The third kappa shape index (κ3) is 4.76. The summed E-state index contributed by atoms with van der Waals surface area (Å²) < 4.78 is 45.3. The maximum absolute atomic E-state index is 14.0. The van der Waals surface area contributed by atoms with Gasteiger partial charge in [0.15, 0.2) is 17.1 Å². The molecule has 1 atom stereocenters. The van der Waals surface area contributed by atoms with Crippen LogP contribution in [0.15, 0.2) is 42.0 Å². The number of nitrogens with zero attached hydrogens (tertiary/aromatic N) is 3. The lowest BCUT2D eigenvalue weighted by atomic mass is 10.0. The lowest BCUT2D eigenvalue weighted by Crippen LogP contribution is -2.70. The van der Waals surface area contributed by atoms with Crippen molar-refractivity contribution in [2.24, 2.45) is 0 Å². The smallest absolute Gasteiger partial charge is 0.327 e. The van der Waals surface area contributed by atoms with E-state index in [1.165, 1.54) is 5.01 Å². The van der Waals surface area contributed by atoms with Gasteiger partial charge in [0, 0.05) is 43.5 Å². The van der Waals surface area contributed by atoms with Crippen LogP contribution in [0.5, 0.6) is 5.75 Å². The van der Waals surface area contributed by atoms with Crippen LogP contribution in [0.1, 0.15) is 32.8 Å². The average Bonchev–Trinajstić information content (AvgIpc) is 3.29. The summed E-state index contributed by atoms with van der Waals surface area (Å²) >= 11 is 0. The van der Waals surface area contributed by atoms with Crippen LogP contribution in [0.4, 0.5) is 8.78 Å². The molecule has 1 saturated heterocycles. The molecule has 2 aromatic rings. The van der Waals surface area contributed by atoms with E-state index < -0.39 is 71.8 Å². The molecule has 0 bridgehead atoms. The molecule has 0 saturated carbocycles. The topological polar surface area (TPSA) is 162 Å². The molecule has 0 unspecified atom stereocenters. The highest BCUT2D eigenvalue weighted by molar-refractivity contribution is 7.51. The zero-order chi connectivity index (χ0) is 27.1. The summed E-state index contributed by atoms with van der Waals surface area (Å²) in [7, 11) is -4.54. The van der Waals surface area contributed by atoms with E-state index in [2.05, 4.69) is 11.9 Å². The fourth-order valence-electron chi connectivity index (χ4n) is 4.43. The molecule has 4 rings (SSSR count). The van der Waals surface area contributed by atoms with Crippen molar-refractivity contribution in [3.05, 3.63) is 75.9 Å². The molecule has 0 aliphatic carbocycles. The number of halogens is 2. The highest BCUT2D eigenvalue weighted by Crippen LogP contribution is 2.39. The lowest BCUT2D eigenvalue weighted by molar-refractivity contribution is 0.0389. The van der Waals surface area contributed by atoms with Gasteiger partial charge in [-0.3, -0.25) is 33.5 Å². The fraction of sp³-hybridized carbons (Fsp3) is 0.318. The van der Waals surface area contributed by atoms with Crippen molar-refractivity contribution in [2.45, 2.75) is 18.6 Å². The molecular formula is C22H23F2N4O8P. The lowest BCUT2D eigenvalue weighted by Gasteiger charge is -2.52. The quantitative estimate of drug-likeness (QED) is 0.369. The number of pyridine rings is 1. The molecule has 1 fully saturated rings. The second kappa shape index (κ2) is 9.71. The molecule has 4 N–H and O–H groups in total. The number of benzene rings is 1. The van der Waals surface area contributed by atoms with E-state index in [1.807, 2.05) is 0 Å². The third-order valence-corrected chi connectivity index (χ3v) is 7.02. The Morgan fingerprint density at radius 1 is 1.30 bits per heavy atom. The first-order chi connectivity index (χ1) is 17.4. The van der Waals surface area contributed by atoms with Crippen molar-refractivity contribution < 1.29 is 42.6 Å². The van der Waals surface area contributed by atoms with E-state index in [0.717, 1.165) is 34.1 Å². The number of amides is 2. The van der Waals surface area contributed by atoms with Gasteiger partial charge in [-0.25, -0.2) is 8.78 Å². The van der Waals surface area contributed by atoms with Gasteiger partial charge in [0.25, 0.3) is 11.8 Å². The summed E-state index contributed by atoms with van der Waals surface area (Å²) in [5, 5.41) is 14.3. The number of carbonyl (C=O) groups is 2. The minimum Gasteiger partial charge on any atom is -0.502 e. The highest BCUT2D eigenvalue weighted by Gasteiger charge is 2.53. The molecule has 12 nitrogen and oxygen atoms in total. The van der Waals surface area contributed by atoms with Crippen molar-refractivity contribution in [1.82, 2.24) is 14.9 Å². The zero-order valence-electron chi connectivity index (χ0n) is 19.3. The Morgan fingerprint density at radius 3 is 2.62 bits per heavy atom. The van der Waals surface area contributed by atoms with Crippen molar-refractivity contribution in [3.8, 4) is 5.75 Å². The van der Waals surface area contributed by atoms with E-state index >= 15 is 0 Å². The van der Waals surface area contributed by atoms with Crippen LogP contribution in [0.25, 0.3) is 0 Å². The van der Waals surface area contributed by atoms with Crippen molar-refractivity contribution in [2.75, 3.05) is 30.9 Å². The largest absolute Gasteiger partial charge is 0.502 e. The van der Waals surface area contributed by atoms with Crippen LogP contribution in [-0.2, 0) is 15.8 Å². The summed E-state index contributed by atoms with van der Waals surface area (Å²) in [6.07, 6.45) is 1.65. The van der Waals surface area contributed by atoms with Gasteiger partial charge in [0.2, 0.25) is 5.43 Å². The first-order valence-electron chi connectivity index (χ1n) is 11.0. The van der Waals surface area contributed by atoms with Crippen molar-refractivity contribution in [3.63, 3.8) is 0 Å². The minimum absolute atomic E-state index is 0.0702. The van der Waals surface area contributed by atoms with Crippen LogP contribution in [0.3, 0.4) is 0 Å². The molecule has 198 valence electrons. The predicted octanol–water partition coefficient (Wildman–Crippen LogP) is 0.594. The first-order valence-corrected chi connectivity index (χ1v) is 12.8. The van der Waals surface area contributed by atoms with Gasteiger partial charge in [-0.2, -0.15) is 0 Å². The Bertz CT molecular complexity index is 1390. The number of carbonyl (C=O) groups excluding carboxylic acids is 2. The molecule has 37 heavy (non-hydrogen) atoms. The number of nitrogens with one attached hydrogen (secondary N) is 1. The van der Waals surface area contributed by atoms with E-state index in [-0.39, 0.29) is 31.7 Å². The summed E-state index contributed by atoms with van der Waals surface area (Å²) in [5.74, 6) is -4.70. The van der Waals surface area contributed by atoms with Crippen LogP contribution in [-0.4, -0.2) is 67.9 Å². The van der Waals surface area contributed by atoms with Gasteiger partial charge in [-0.15, -0.1) is 0 Å². The molecule has 2 aliphatic rings. The Labute approximate surface area is 208 Å². The van der Waals surface area contributed by atoms with Gasteiger partial charge in [-0.1, -0.05) is 12.6 Å². The summed E-state index contributed by atoms with van der Waals surface area (Å²) in [4.78, 5) is 59.2. The van der Waals surface area contributed by atoms with E-state index in [0.29, 0.717) is 6.07 Å². The monoisotopic (exact) mass is 540 g/mol. The van der Waals surface area contributed by atoms with Crippen LogP contribution < -0.4 is 15.8 Å². The maximum Gasteiger partial charge on any atom is 0.327 e. The summed E-state index contributed by atoms with van der Waals surface area (Å²) in [6, 6.07) is 2.72. The number of aromatic nitrogens is 1. The number of aromatic hydroxyl groups is 1. The van der Waals surface area contributed by atoms with E-state index in [4.69, 9.17) is 4.74 Å². The Balaban J connectivity index is 1.79. The Kier molecular flexibility index (Phi) is 6.95. The zero-order valence-corrected chi connectivity index (χ0v) is 20.2. The van der Waals surface area contributed by atoms with Gasteiger partial charge >= 0.3 is 7.60 Å². The Hall–Kier alpha value is -3.58. The first kappa shape index (κ1) is 26.5. The normalized spacial score (nSPS) is 19.3. The molecule has 15 heteroatoms. The molecule has 1 aromatic heterocycles. The van der Waals surface area contributed by atoms with Gasteiger partial charge in [0.05, 0.1) is 19.4 Å². The fourth-order valence-corrected chi connectivity index (χ4v) is 4.88. The molecule has 1 aromatic carbocycles.